The summed E-state index contributed by atoms with van der Waals surface area (Å²) >= 11 is 0. The van der Waals surface area contributed by atoms with Crippen LogP contribution in [0.3, 0.4) is 0 Å². The molecule has 258 valence electrons. The number of aromatic amines is 1. The van der Waals surface area contributed by atoms with Crippen molar-refractivity contribution >= 4 is 38.6 Å². The Hall–Kier alpha value is -5.49. The number of para-hydroxylation sites is 1. The standard InChI is InChI=1S/C38H38FN5O5S/c1-24-12-18-29(19-13-24)50(48,49)44-20-6-10-34(44)37-25(2)7-5-11-35(45)41-32(26-14-16-28(39)17-15-26)22-36(46)42-33(38(47)43-37)21-27-23-40-31-9-4-3-8-30(27)31/h3-10,12-20,23,25,32-33,37,40H,11,21-22H2,1-2H3,(H,41,45)(H,42,46)(H,43,47)/b7-5+/t25-,32-,33-,37+/m0/s1. The van der Waals surface area contributed by atoms with Crippen LogP contribution in [0.4, 0.5) is 4.39 Å². The van der Waals surface area contributed by atoms with E-state index in [2.05, 4.69) is 20.9 Å². The second-order valence-electron chi connectivity index (χ2n) is 12.6. The molecule has 12 heteroatoms. The lowest BCUT2D eigenvalue weighted by molar-refractivity contribution is -0.130. The fourth-order valence-corrected chi connectivity index (χ4v) is 7.65. The van der Waals surface area contributed by atoms with Crippen molar-refractivity contribution in [3.8, 4) is 0 Å². The van der Waals surface area contributed by atoms with Crippen LogP contribution < -0.4 is 16.0 Å². The maximum atomic E-state index is 14.3. The third-order valence-electron chi connectivity index (χ3n) is 8.95. The quantitative estimate of drug-likeness (QED) is 0.177. The smallest absolute Gasteiger partial charge is 0.267 e. The first-order valence-electron chi connectivity index (χ1n) is 16.4. The van der Waals surface area contributed by atoms with Gasteiger partial charge in [-0.1, -0.05) is 67.1 Å². The molecule has 1 aliphatic heterocycles. The van der Waals surface area contributed by atoms with E-state index in [9.17, 15) is 27.2 Å². The number of nitrogens with zero attached hydrogens (tertiary/aromatic N) is 1. The summed E-state index contributed by atoms with van der Waals surface area (Å²) in [6, 6.07) is 20.2. The zero-order valence-electron chi connectivity index (χ0n) is 27.6. The second-order valence-corrected chi connectivity index (χ2v) is 14.4. The van der Waals surface area contributed by atoms with Crippen LogP contribution in [0.5, 0.6) is 0 Å². The van der Waals surface area contributed by atoms with Crippen molar-refractivity contribution in [2.45, 2.75) is 56.1 Å². The van der Waals surface area contributed by atoms with E-state index in [1.807, 2.05) is 38.1 Å². The van der Waals surface area contributed by atoms with Gasteiger partial charge in [0.15, 0.2) is 0 Å². The Morgan fingerprint density at radius 1 is 0.860 bits per heavy atom. The molecule has 0 saturated heterocycles. The molecular formula is C38H38FN5O5S. The molecular weight excluding hydrogens is 658 g/mol. The average molecular weight is 696 g/mol. The topological polar surface area (TPSA) is 142 Å². The third kappa shape index (κ3) is 7.55. The predicted octanol–water partition coefficient (Wildman–Crippen LogP) is 5.38. The Balaban J connectivity index is 1.39. The number of rotatable bonds is 6. The Morgan fingerprint density at radius 2 is 1.60 bits per heavy atom. The van der Waals surface area contributed by atoms with Crippen molar-refractivity contribution in [1.82, 2.24) is 24.9 Å². The van der Waals surface area contributed by atoms with E-state index in [0.29, 0.717) is 11.3 Å². The van der Waals surface area contributed by atoms with Crippen molar-refractivity contribution < 1.29 is 27.2 Å². The minimum atomic E-state index is -4.05. The summed E-state index contributed by atoms with van der Waals surface area (Å²) in [5.74, 6) is -2.34. The number of amides is 3. The van der Waals surface area contributed by atoms with E-state index in [4.69, 9.17) is 0 Å². The van der Waals surface area contributed by atoms with E-state index in [0.717, 1.165) is 26.0 Å². The molecule has 0 aliphatic carbocycles. The molecule has 0 fully saturated rings. The molecule has 4 N–H and O–H groups in total. The molecule has 0 saturated carbocycles. The minimum absolute atomic E-state index is 0.0455. The van der Waals surface area contributed by atoms with Gasteiger partial charge in [0.2, 0.25) is 17.7 Å². The number of aromatic nitrogens is 2. The highest BCUT2D eigenvalue weighted by Crippen LogP contribution is 2.29. The van der Waals surface area contributed by atoms with Crippen LogP contribution in [0.15, 0.2) is 114 Å². The lowest BCUT2D eigenvalue weighted by atomic mass is 9.96. The molecule has 1 aliphatic rings. The van der Waals surface area contributed by atoms with Gasteiger partial charge < -0.3 is 20.9 Å². The first-order valence-corrected chi connectivity index (χ1v) is 17.8. The SMILES string of the molecule is Cc1ccc(S(=O)(=O)n2cccc2[C@@H]2NC(=O)[C@H](Cc3c[nH]c4ccccc34)NC(=O)C[C@@H](c3ccc(F)cc3)NC(=O)C/C=C/[C@@H]2C)cc1. The first-order chi connectivity index (χ1) is 24.0. The van der Waals surface area contributed by atoms with E-state index in [1.54, 1.807) is 42.6 Å². The lowest BCUT2D eigenvalue weighted by Gasteiger charge is -2.28. The zero-order valence-corrected chi connectivity index (χ0v) is 28.4. The van der Waals surface area contributed by atoms with Gasteiger partial charge in [-0.25, -0.2) is 16.8 Å². The number of aryl methyl sites for hydroxylation is 1. The van der Waals surface area contributed by atoms with Crippen LogP contribution in [0.2, 0.25) is 0 Å². The molecule has 0 spiro atoms. The normalized spacial score (nSPS) is 21.5. The Morgan fingerprint density at radius 3 is 2.36 bits per heavy atom. The molecule has 0 bridgehead atoms. The summed E-state index contributed by atoms with van der Waals surface area (Å²) in [5, 5.41) is 9.68. The summed E-state index contributed by atoms with van der Waals surface area (Å²) in [4.78, 5) is 44.4. The number of fused-ring (bicyclic) bond motifs is 1. The second kappa shape index (κ2) is 14.6. The number of H-pyrrole nitrogens is 1. The summed E-state index contributed by atoms with van der Waals surface area (Å²) in [7, 11) is -4.05. The molecule has 2 aromatic heterocycles. The molecule has 6 rings (SSSR count). The summed E-state index contributed by atoms with van der Waals surface area (Å²) < 4.78 is 42.6. The zero-order chi connectivity index (χ0) is 35.4. The van der Waals surface area contributed by atoms with Gasteiger partial charge in [-0.15, -0.1) is 0 Å². The van der Waals surface area contributed by atoms with Crippen LogP contribution in [-0.2, 0) is 30.8 Å². The van der Waals surface area contributed by atoms with Crippen molar-refractivity contribution in [3.05, 3.63) is 138 Å². The molecule has 3 heterocycles. The Labute approximate surface area is 289 Å². The van der Waals surface area contributed by atoms with Crippen LogP contribution in [0.25, 0.3) is 10.9 Å². The fraction of sp³-hybridized carbons (Fsp3) is 0.237. The number of carbonyl (C=O) groups excluding carboxylic acids is 3. The highest BCUT2D eigenvalue weighted by atomic mass is 32.2. The minimum Gasteiger partial charge on any atom is -0.361 e. The maximum absolute atomic E-state index is 14.3. The van der Waals surface area contributed by atoms with E-state index in [-0.39, 0.29) is 30.1 Å². The highest BCUT2D eigenvalue weighted by molar-refractivity contribution is 7.90. The molecule has 50 heavy (non-hydrogen) atoms. The summed E-state index contributed by atoms with van der Waals surface area (Å²) in [6.45, 7) is 3.68. The largest absolute Gasteiger partial charge is 0.361 e. The molecule has 0 unspecified atom stereocenters. The molecule has 3 aromatic carbocycles. The summed E-state index contributed by atoms with van der Waals surface area (Å²) in [6.07, 6.45) is 6.50. The summed E-state index contributed by atoms with van der Waals surface area (Å²) in [5.41, 5.74) is 3.41. The van der Waals surface area contributed by atoms with Crippen LogP contribution in [-0.4, -0.2) is 41.1 Å². The van der Waals surface area contributed by atoms with Crippen molar-refractivity contribution in [2.75, 3.05) is 0 Å². The van der Waals surface area contributed by atoms with Gasteiger partial charge in [0.05, 0.1) is 29.1 Å². The Bertz CT molecular complexity index is 2160. The van der Waals surface area contributed by atoms with Gasteiger partial charge in [0.1, 0.15) is 11.9 Å². The predicted molar refractivity (Wildman–Crippen MR) is 188 cm³/mol. The highest BCUT2D eigenvalue weighted by Gasteiger charge is 2.32. The van der Waals surface area contributed by atoms with E-state index in [1.165, 1.54) is 42.6 Å². The van der Waals surface area contributed by atoms with Gasteiger partial charge >= 0.3 is 0 Å². The molecule has 0 radical (unpaired) electrons. The van der Waals surface area contributed by atoms with E-state index >= 15 is 0 Å². The number of hydrogen-bond donors (Lipinski definition) is 4. The maximum Gasteiger partial charge on any atom is 0.267 e. The third-order valence-corrected chi connectivity index (χ3v) is 10.7. The molecule has 10 nitrogen and oxygen atoms in total. The van der Waals surface area contributed by atoms with Gasteiger partial charge in [0, 0.05) is 36.1 Å². The lowest BCUT2D eigenvalue weighted by Crippen LogP contribution is -2.50. The van der Waals surface area contributed by atoms with Crippen LogP contribution in [0.1, 0.15) is 54.2 Å². The van der Waals surface area contributed by atoms with Crippen molar-refractivity contribution in [3.63, 3.8) is 0 Å². The molecule has 3 amide bonds. The van der Waals surface area contributed by atoms with Gasteiger partial charge in [-0.3, -0.25) is 14.4 Å². The van der Waals surface area contributed by atoms with Crippen LogP contribution >= 0.6 is 0 Å². The van der Waals surface area contributed by atoms with Crippen LogP contribution in [0, 0.1) is 18.7 Å². The number of hydrogen-bond acceptors (Lipinski definition) is 5. The number of carbonyl (C=O) groups is 3. The van der Waals surface area contributed by atoms with Gasteiger partial charge in [-0.05, 0) is 66.4 Å². The van der Waals surface area contributed by atoms with Gasteiger partial charge in [-0.2, -0.15) is 0 Å². The molecule has 4 atom stereocenters. The number of benzene rings is 3. The molecule has 5 aromatic rings. The fourth-order valence-electron chi connectivity index (χ4n) is 6.26. The van der Waals surface area contributed by atoms with Gasteiger partial charge in [0.25, 0.3) is 10.0 Å². The monoisotopic (exact) mass is 695 g/mol. The van der Waals surface area contributed by atoms with Crippen molar-refractivity contribution in [2.24, 2.45) is 5.92 Å². The van der Waals surface area contributed by atoms with Crippen molar-refractivity contribution in [1.29, 1.82) is 0 Å². The first kappa shape index (κ1) is 34.4. The van der Waals surface area contributed by atoms with E-state index < -0.39 is 51.7 Å². The average Bonchev–Trinajstić information content (AvgIpc) is 3.75. The number of halogens is 1. The Kier molecular flexibility index (Phi) is 10.0. The number of nitrogens with one attached hydrogen (secondary N) is 4.